The van der Waals surface area contributed by atoms with E-state index in [9.17, 15) is 0 Å². The molecule has 1 rings (SSSR count). The van der Waals surface area contributed by atoms with Crippen LogP contribution in [0.15, 0.2) is 65.9 Å². The van der Waals surface area contributed by atoms with Crippen molar-refractivity contribution >= 4 is 14.8 Å². The fraction of sp³-hybridized carbons (Fsp3) is 0.0833. The third-order valence-corrected chi connectivity index (χ3v) is 2.92. The van der Waals surface area contributed by atoms with Crippen LogP contribution in [0, 0.1) is 0 Å². The molecular formula is C12H15N2P. The highest BCUT2D eigenvalue weighted by Gasteiger charge is 2.05. The van der Waals surface area contributed by atoms with Crippen LogP contribution in [0.1, 0.15) is 0 Å². The van der Waals surface area contributed by atoms with Crippen LogP contribution in [0.25, 0.3) is 0 Å². The monoisotopic (exact) mass is 218 g/mol. The molecule has 0 saturated carbocycles. The summed E-state index contributed by atoms with van der Waals surface area (Å²) < 4.78 is 0. The molecule has 0 aromatic rings. The van der Waals surface area contributed by atoms with E-state index in [4.69, 9.17) is 0 Å². The van der Waals surface area contributed by atoms with Crippen LogP contribution in [0.4, 0.5) is 0 Å². The minimum absolute atomic E-state index is 0.679. The summed E-state index contributed by atoms with van der Waals surface area (Å²) in [4.78, 5) is 0. The minimum Gasteiger partial charge on any atom is -0.240 e. The second-order valence-corrected chi connectivity index (χ2v) is 3.83. The normalized spacial score (nSPS) is 16.7. The predicted octanol–water partition coefficient (Wildman–Crippen LogP) is 3.25. The Morgan fingerprint density at radius 3 is 2.67 bits per heavy atom. The Balaban J connectivity index is 3.06. The molecule has 1 aliphatic rings. The van der Waals surface area contributed by atoms with Gasteiger partial charge >= 0.3 is 0 Å². The molecule has 0 saturated heterocycles. The van der Waals surface area contributed by atoms with Gasteiger partial charge in [-0.15, -0.1) is 0 Å². The van der Waals surface area contributed by atoms with E-state index in [2.05, 4.69) is 24.9 Å². The van der Waals surface area contributed by atoms with Crippen LogP contribution in [0.2, 0.25) is 0 Å². The van der Waals surface area contributed by atoms with Gasteiger partial charge in [-0.05, 0) is 30.2 Å². The molecule has 0 aliphatic carbocycles. The molecule has 0 aromatic carbocycles. The number of hydrogen-bond donors (Lipinski definition) is 0. The van der Waals surface area contributed by atoms with E-state index in [0.29, 0.717) is 8.58 Å². The Morgan fingerprint density at radius 1 is 1.27 bits per heavy atom. The van der Waals surface area contributed by atoms with E-state index in [-0.39, 0.29) is 0 Å². The van der Waals surface area contributed by atoms with Crippen molar-refractivity contribution in [3.05, 3.63) is 60.7 Å². The van der Waals surface area contributed by atoms with Crippen molar-refractivity contribution in [2.75, 3.05) is 6.66 Å². The van der Waals surface area contributed by atoms with E-state index >= 15 is 0 Å². The number of hydrazone groups is 1. The predicted molar refractivity (Wildman–Crippen MR) is 70.3 cm³/mol. The first kappa shape index (κ1) is 11.7. The maximum atomic E-state index is 4.27. The van der Waals surface area contributed by atoms with Crippen LogP contribution in [0.3, 0.4) is 0 Å². The van der Waals surface area contributed by atoms with Crippen LogP contribution >= 0.6 is 8.58 Å². The molecule has 0 N–H and O–H groups in total. The van der Waals surface area contributed by atoms with Crippen molar-refractivity contribution in [3.8, 4) is 0 Å². The lowest BCUT2D eigenvalue weighted by molar-refractivity contribution is 0.517. The van der Waals surface area contributed by atoms with E-state index < -0.39 is 0 Å². The highest BCUT2D eigenvalue weighted by atomic mass is 31.1. The van der Waals surface area contributed by atoms with Gasteiger partial charge in [-0.2, -0.15) is 5.10 Å². The smallest absolute Gasteiger partial charge is 0.0713 e. The topological polar surface area (TPSA) is 15.6 Å². The average molecular weight is 218 g/mol. The molecule has 1 unspecified atom stereocenters. The van der Waals surface area contributed by atoms with Gasteiger partial charge in [-0.25, -0.2) is 5.01 Å². The molecule has 15 heavy (non-hydrogen) atoms. The molecule has 1 heterocycles. The molecule has 0 aromatic heterocycles. The summed E-state index contributed by atoms with van der Waals surface area (Å²) in [5, 5.41) is 7.24. The number of allylic oxidation sites excluding steroid dienone is 6. The summed E-state index contributed by atoms with van der Waals surface area (Å²) in [7, 11) is 0.679. The molecular weight excluding hydrogens is 203 g/mol. The fourth-order valence-electron chi connectivity index (χ4n) is 1.20. The van der Waals surface area contributed by atoms with Gasteiger partial charge in [0, 0.05) is 12.4 Å². The van der Waals surface area contributed by atoms with Crippen LogP contribution in [-0.4, -0.2) is 17.9 Å². The zero-order valence-corrected chi connectivity index (χ0v) is 9.85. The lowest BCUT2D eigenvalue weighted by atomic mass is 10.3. The van der Waals surface area contributed by atoms with Gasteiger partial charge in [0.05, 0.1) is 5.70 Å². The van der Waals surface area contributed by atoms with Crippen molar-refractivity contribution in [2.24, 2.45) is 5.10 Å². The van der Waals surface area contributed by atoms with Crippen molar-refractivity contribution in [1.82, 2.24) is 5.01 Å². The van der Waals surface area contributed by atoms with Crippen molar-refractivity contribution in [1.29, 1.82) is 0 Å². The van der Waals surface area contributed by atoms with Gasteiger partial charge in [0.15, 0.2) is 0 Å². The molecule has 0 fully saturated rings. The third kappa shape index (κ3) is 3.03. The molecule has 1 atom stereocenters. The summed E-state index contributed by atoms with van der Waals surface area (Å²) >= 11 is 0. The summed E-state index contributed by atoms with van der Waals surface area (Å²) in [5.41, 5.74) is 0.988. The van der Waals surface area contributed by atoms with Gasteiger partial charge in [0.25, 0.3) is 0 Å². The van der Waals surface area contributed by atoms with E-state index in [0.717, 1.165) is 11.0 Å². The highest BCUT2D eigenvalue weighted by molar-refractivity contribution is 7.42. The first-order chi connectivity index (χ1) is 7.33. The van der Waals surface area contributed by atoms with Crippen LogP contribution in [-0.2, 0) is 0 Å². The van der Waals surface area contributed by atoms with Crippen molar-refractivity contribution in [2.45, 2.75) is 0 Å². The SMILES string of the molecule is C=C/C(PC)=C(\C=C)N1C=CC=CC=N1. The molecule has 1 aliphatic heterocycles. The third-order valence-electron chi connectivity index (χ3n) is 1.92. The Labute approximate surface area is 92.8 Å². The van der Waals surface area contributed by atoms with Gasteiger partial charge < -0.3 is 0 Å². The second-order valence-electron chi connectivity index (χ2n) is 2.79. The van der Waals surface area contributed by atoms with E-state index in [1.165, 1.54) is 0 Å². The van der Waals surface area contributed by atoms with E-state index in [1.807, 2.05) is 30.5 Å². The van der Waals surface area contributed by atoms with Crippen molar-refractivity contribution < 1.29 is 0 Å². The van der Waals surface area contributed by atoms with Crippen LogP contribution < -0.4 is 0 Å². The summed E-state index contributed by atoms with van der Waals surface area (Å²) in [6.45, 7) is 9.73. The van der Waals surface area contributed by atoms with Gasteiger partial charge in [-0.3, -0.25) is 0 Å². The Bertz CT molecular complexity index is 346. The molecule has 0 bridgehead atoms. The molecule has 3 heteroatoms. The summed E-state index contributed by atoms with van der Waals surface area (Å²) in [6.07, 6.45) is 13.1. The molecule has 0 spiro atoms. The van der Waals surface area contributed by atoms with Gasteiger partial charge in [0.1, 0.15) is 0 Å². The number of hydrogen-bond acceptors (Lipinski definition) is 2. The molecule has 0 amide bonds. The average Bonchev–Trinajstić information content (AvgIpc) is 2.54. The zero-order valence-electron chi connectivity index (χ0n) is 8.85. The lowest BCUT2D eigenvalue weighted by Gasteiger charge is -2.17. The molecule has 78 valence electrons. The Hall–Kier alpha value is -1.40. The maximum absolute atomic E-state index is 4.27. The highest BCUT2D eigenvalue weighted by Crippen LogP contribution is 2.27. The number of rotatable bonds is 4. The Morgan fingerprint density at radius 2 is 2.07 bits per heavy atom. The number of nitrogens with zero attached hydrogens (tertiary/aromatic N) is 2. The summed E-state index contributed by atoms with van der Waals surface area (Å²) in [5.74, 6) is 0. The van der Waals surface area contributed by atoms with E-state index in [1.54, 1.807) is 17.3 Å². The quantitative estimate of drug-likeness (QED) is 0.522. The minimum atomic E-state index is 0.679. The van der Waals surface area contributed by atoms with Crippen LogP contribution in [0.5, 0.6) is 0 Å². The summed E-state index contributed by atoms with van der Waals surface area (Å²) in [6, 6.07) is 0. The van der Waals surface area contributed by atoms with Crippen molar-refractivity contribution in [3.63, 3.8) is 0 Å². The first-order valence-electron chi connectivity index (χ1n) is 4.67. The zero-order chi connectivity index (χ0) is 11.1. The lowest BCUT2D eigenvalue weighted by Crippen LogP contribution is -2.08. The first-order valence-corrected chi connectivity index (χ1v) is 6.17. The van der Waals surface area contributed by atoms with Gasteiger partial charge in [0.2, 0.25) is 0 Å². The van der Waals surface area contributed by atoms with Gasteiger partial charge in [-0.1, -0.05) is 33.9 Å². The largest absolute Gasteiger partial charge is 0.240 e. The fourth-order valence-corrected chi connectivity index (χ4v) is 1.87. The molecule has 0 radical (unpaired) electrons. The second kappa shape index (κ2) is 6.15. The maximum Gasteiger partial charge on any atom is 0.0713 e. The Kier molecular flexibility index (Phi) is 4.79. The molecule has 2 nitrogen and oxygen atoms in total. The standard InChI is InChI=1S/C12H15N2P/c1-4-11(12(5-2)15-3)14-10-8-6-7-9-13-14/h4-10,15H,1-2H2,3H3/b12-11-.